The molecule has 1 aliphatic heterocycles. The van der Waals surface area contributed by atoms with Gasteiger partial charge in [0.25, 0.3) is 0 Å². The number of nitrogens with zero attached hydrogens (tertiary/aromatic N) is 1. The second-order valence-electron chi connectivity index (χ2n) is 1.74. The number of rotatable bonds is 2. The van der Waals surface area contributed by atoms with Crippen molar-refractivity contribution < 1.29 is 10.2 Å². The van der Waals surface area contributed by atoms with E-state index < -0.39 is 13.1 Å². The Balaban J connectivity index is 2.75. The highest BCUT2D eigenvalue weighted by Gasteiger charge is 2.07. The van der Waals surface area contributed by atoms with Gasteiger partial charge in [-0.3, -0.25) is 4.90 Å². The highest BCUT2D eigenvalue weighted by Crippen LogP contribution is 1.95. The average Bonchev–Trinajstić information content (AvgIpc) is 2.00. The van der Waals surface area contributed by atoms with Crippen LogP contribution in [0.5, 0.6) is 0 Å². The quantitative estimate of drug-likeness (QED) is 0.538. The van der Waals surface area contributed by atoms with Gasteiger partial charge in [-0.05, 0) is 0 Å². The third-order valence-electron chi connectivity index (χ3n) is 1.09. The molecule has 0 aromatic rings. The Morgan fingerprint density at radius 1 is 1.78 bits per heavy atom. The Morgan fingerprint density at radius 2 is 2.67 bits per heavy atom. The van der Waals surface area contributed by atoms with Gasteiger partial charge in [-0.1, -0.05) is 0 Å². The molecule has 1 aliphatic rings. The second-order valence-corrected chi connectivity index (χ2v) is 2.12. The first-order valence-electron chi connectivity index (χ1n) is 4.87. The zero-order valence-electron chi connectivity index (χ0n) is 9.06. The van der Waals surface area contributed by atoms with Gasteiger partial charge in [-0.2, -0.15) is 0 Å². The number of hydrogen-bond donors (Lipinski definition) is 0. The Bertz CT molecular complexity index is 187. The van der Waals surface area contributed by atoms with Gasteiger partial charge in [0.1, 0.15) is 0 Å². The summed E-state index contributed by atoms with van der Waals surface area (Å²) in [5.41, 5.74) is 0. The second kappa shape index (κ2) is 4.09. The van der Waals surface area contributed by atoms with Gasteiger partial charge < -0.3 is 4.74 Å². The first-order valence-corrected chi connectivity index (χ1v) is 3.40. The molecule has 0 radical (unpaired) electrons. The van der Waals surface area contributed by atoms with Gasteiger partial charge in [0.2, 0.25) is 0 Å². The number of alkyl halides is 1. The van der Waals surface area contributed by atoms with Gasteiger partial charge in [-0.25, -0.2) is 0 Å². The maximum absolute atomic E-state index is 7.52. The molecular weight excluding hydrogens is 138 g/mol. The maximum atomic E-state index is 7.52. The molecule has 0 N–H and O–H groups in total. The van der Waals surface area contributed by atoms with Crippen molar-refractivity contribution in [3.8, 4) is 0 Å². The minimum Gasteiger partial charge on any atom is -0.379 e. The Morgan fingerprint density at radius 3 is 3.44 bits per heavy atom. The maximum Gasteiger partial charge on any atom is 0.0594 e. The highest BCUT2D eigenvalue weighted by molar-refractivity contribution is 6.18. The number of hydrogen-bond acceptors (Lipinski definition) is 2. The van der Waals surface area contributed by atoms with Crippen molar-refractivity contribution in [1.82, 2.24) is 4.90 Å². The third-order valence-corrected chi connectivity index (χ3v) is 1.26. The van der Waals surface area contributed by atoms with E-state index in [0.29, 0.717) is 13.1 Å². The topological polar surface area (TPSA) is 12.5 Å². The lowest BCUT2D eigenvalue weighted by Crippen LogP contribution is -2.37. The fourth-order valence-electron chi connectivity index (χ4n) is 0.629. The molecule has 9 heavy (non-hydrogen) atoms. The summed E-state index contributed by atoms with van der Waals surface area (Å²) in [6, 6.07) is 0. The largest absolute Gasteiger partial charge is 0.379 e. The summed E-state index contributed by atoms with van der Waals surface area (Å²) in [4.78, 5) is 1.36. The van der Waals surface area contributed by atoms with Crippen LogP contribution in [-0.2, 0) is 4.74 Å². The Hall–Kier alpha value is 0.210. The van der Waals surface area contributed by atoms with Gasteiger partial charge in [0.15, 0.2) is 0 Å². The van der Waals surface area contributed by atoms with E-state index in [1.807, 2.05) is 0 Å². The number of halogens is 1. The van der Waals surface area contributed by atoms with Crippen LogP contribution in [0.3, 0.4) is 0 Å². The van der Waals surface area contributed by atoms with Crippen molar-refractivity contribution in [2.75, 3.05) is 38.6 Å². The van der Waals surface area contributed by atoms with Crippen LogP contribution in [0.1, 0.15) is 5.48 Å². The summed E-state index contributed by atoms with van der Waals surface area (Å²) in [6.45, 7) is -3.45. The molecular formula is C6H12ClNO. The Labute approximate surface area is 66.4 Å². The number of ether oxygens (including phenoxy) is 1. The van der Waals surface area contributed by atoms with Gasteiger partial charge in [0, 0.05) is 28.2 Å². The van der Waals surface area contributed by atoms with Gasteiger partial charge >= 0.3 is 0 Å². The molecule has 1 saturated heterocycles. The van der Waals surface area contributed by atoms with E-state index >= 15 is 0 Å². The summed E-state index contributed by atoms with van der Waals surface area (Å²) in [5, 5.41) is 0. The normalized spacial score (nSPS) is 40.1. The molecule has 0 bridgehead atoms. The van der Waals surface area contributed by atoms with E-state index in [4.69, 9.17) is 21.8 Å². The first kappa shape index (κ1) is 3.56. The lowest BCUT2D eigenvalue weighted by atomic mass is 10.4. The predicted molar refractivity (Wildman–Crippen MR) is 38.0 cm³/mol. The molecule has 0 aromatic carbocycles. The fourth-order valence-corrected chi connectivity index (χ4v) is 0.833. The summed E-state index contributed by atoms with van der Waals surface area (Å²) >= 11 is 5.48. The molecule has 1 fully saturated rings. The molecule has 0 spiro atoms. The lowest BCUT2D eigenvalue weighted by Gasteiger charge is -2.25. The standard InChI is InChI=1S/C6H12ClNO/c7-1-2-8-3-5-9-6-4-8/h1-6H2/i3D2,5D2. The monoisotopic (exact) mass is 153 g/mol. The summed E-state index contributed by atoms with van der Waals surface area (Å²) in [6.07, 6.45) is 0. The average molecular weight is 154 g/mol. The zero-order valence-corrected chi connectivity index (χ0v) is 5.82. The molecule has 0 amide bonds. The SMILES string of the molecule is [2H]C1([2H])OCCN(CCCl)C1([2H])[2H]. The molecule has 1 rings (SSSR count). The molecule has 0 aliphatic carbocycles. The molecule has 0 atom stereocenters. The summed E-state index contributed by atoms with van der Waals surface area (Å²) < 4.78 is 34.4. The van der Waals surface area contributed by atoms with Crippen LogP contribution in [0.2, 0.25) is 0 Å². The predicted octanol–water partition coefficient (Wildman–Crippen LogP) is 0.557. The van der Waals surface area contributed by atoms with Crippen LogP contribution >= 0.6 is 11.6 Å². The molecule has 2 nitrogen and oxygen atoms in total. The first-order chi connectivity index (χ1) is 5.92. The lowest BCUT2D eigenvalue weighted by molar-refractivity contribution is 0.0408. The van der Waals surface area contributed by atoms with Crippen LogP contribution in [0.25, 0.3) is 0 Å². The number of morpholine rings is 1. The van der Waals surface area contributed by atoms with Crippen molar-refractivity contribution in [1.29, 1.82) is 0 Å². The smallest absolute Gasteiger partial charge is 0.0594 e. The van der Waals surface area contributed by atoms with Crippen LogP contribution < -0.4 is 0 Å². The van der Waals surface area contributed by atoms with Crippen molar-refractivity contribution in [2.45, 2.75) is 0 Å². The van der Waals surface area contributed by atoms with E-state index in [-0.39, 0.29) is 12.5 Å². The molecule has 0 aromatic heterocycles. The van der Waals surface area contributed by atoms with Crippen molar-refractivity contribution in [2.24, 2.45) is 0 Å². The van der Waals surface area contributed by atoms with E-state index in [0.717, 1.165) is 0 Å². The highest BCUT2D eigenvalue weighted by atomic mass is 35.5. The molecule has 0 unspecified atom stereocenters. The zero-order chi connectivity index (χ0) is 10.1. The fraction of sp³-hybridized carbons (Fsp3) is 1.00. The van der Waals surface area contributed by atoms with Gasteiger partial charge in [0.05, 0.1) is 15.9 Å². The van der Waals surface area contributed by atoms with E-state index in [1.54, 1.807) is 0 Å². The summed E-state index contributed by atoms with van der Waals surface area (Å²) in [7, 11) is 0. The molecule has 3 heteroatoms. The van der Waals surface area contributed by atoms with E-state index in [1.165, 1.54) is 4.90 Å². The Kier molecular flexibility index (Phi) is 1.62. The minimum atomic E-state index is -2.25. The molecule has 54 valence electrons. The van der Waals surface area contributed by atoms with Crippen LogP contribution in [0.4, 0.5) is 0 Å². The van der Waals surface area contributed by atoms with Crippen molar-refractivity contribution >= 4 is 11.6 Å². The molecule has 1 heterocycles. The van der Waals surface area contributed by atoms with Crippen molar-refractivity contribution in [3.63, 3.8) is 0 Å². The van der Waals surface area contributed by atoms with E-state index in [2.05, 4.69) is 0 Å². The van der Waals surface area contributed by atoms with Crippen LogP contribution in [0.15, 0.2) is 0 Å². The van der Waals surface area contributed by atoms with Crippen LogP contribution in [-0.4, -0.2) is 43.5 Å². The summed E-state index contributed by atoms with van der Waals surface area (Å²) in [5.74, 6) is 0.287. The third kappa shape index (κ3) is 2.52. The van der Waals surface area contributed by atoms with E-state index in [9.17, 15) is 0 Å². The minimum absolute atomic E-state index is 0.198. The van der Waals surface area contributed by atoms with Crippen molar-refractivity contribution in [3.05, 3.63) is 0 Å². The van der Waals surface area contributed by atoms with Crippen LogP contribution in [0, 0.1) is 0 Å². The molecule has 0 saturated carbocycles. The van der Waals surface area contributed by atoms with Gasteiger partial charge in [-0.15, -0.1) is 11.6 Å².